The lowest BCUT2D eigenvalue weighted by molar-refractivity contribution is 0.582. The molecule has 0 aliphatic heterocycles. The first-order valence-corrected chi connectivity index (χ1v) is 3.88. The Morgan fingerprint density at radius 3 is 3.10 bits per heavy atom. The van der Waals surface area contributed by atoms with Crippen LogP contribution in [-0.4, -0.2) is 0 Å². The maximum Gasteiger partial charge on any atom is 0.135 e. The molecule has 0 aliphatic carbocycles. The Morgan fingerprint density at radius 1 is 1.50 bits per heavy atom. The minimum atomic E-state index is 0.890. The molecule has 49 valence electrons. The molecule has 2 heteroatoms. The van der Waals surface area contributed by atoms with E-state index < -0.39 is 0 Å². The van der Waals surface area contributed by atoms with Gasteiger partial charge in [-0.15, -0.1) is 0 Å². The largest absolute Gasteiger partial charge is 0.464 e. The SMILES string of the molecule is [c]1coc(-c2ccsc2)c1. The summed E-state index contributed by atoms with van der Waals surface area (Å²) >= 11 is 1.66. The van der Waals surface area contributed by atoms with Crippen molar-refractivity contribution >= 4 is 11.3 Å². The van der Waals surface area contributed by atoms with Crippen LogP contribution in [0.25, 0.3) is 11.3 Å². The van der Waals surface area contributed by atoms with Crippen LogP contribution >= 0.6 is 11.3 Å². The van der Waals surface area contributed by atoms with Gasteiger partial charge in [0, 0.05) is 17.0 Å². The Balaban J connectivity index is 2.48. The van der Waals surface area contributed by atoms with E-state index in [9.17, 15) is 0 Å². The van der Waals surface area contributed by atoms with E-state index >= 15 is 0 Å². The molecule has 0 aliphatic rings. The molecule has 1 radical (unpaired) electrons. The Labute approximate surface area is 62.9 Å². The van der Waals surface area contributed by atoms with E-state index in [0.717, 1.165) is 11.3 Å². The molecule has 0 atom stereocenters. The normalized spacial score (nSPS) is 10.0. The van der Waals surface area contributed by atoms with Gasteiger partial charge in [-0.1, -0.05) is 0 Å². The van der Waals surface area contributed by atoms with Gasteiger partial charge in [-0.25, -0.2) is 0 Å². The van der Waals surface area contributed by atoms with E-state index in [2.05, 4.69) is 6.07 Å². The Bertz CT molecular complexity index is 249. The maximum atomic E-state index is 5.13. The van der Waals surface area contributed by atoms with Crippen molar-refractivity contribution in [1.29, 1.82) is 0 Å². The highest BCUT2D eigenvalue weighted by molar-refractivity contribution is 7.08. The Kier molecular flexibility index (Phi) is 1.32. The highest BCUT2D eigenvalue weighted by Crippen LogP contribution is 2.21. The van der Waals surface area contributed by atoms with Gasteiger partial charge in [0.15, 0.2) is 0 Å². The topological polar surface area (TPSA) is 13.1 Å². The van der Waals surface area contributed by atoms with Crippen molar-refractivity contribution in [3.63, 3.8) is 0 Å². The molecular formula is C8H5OS. The summed E-state index contributed by atoms with van der Waals surface area (Å²) in [6.45, 7) is 0. The first kappa shape index (κ1) is 5.74. The highest BCUT2D eigenvalue weighted by atomic mass is 32.1. The van der Waals surface area contributed by atoms with Gasteiger partial charge < -0.3 is 4.42 Å². The van der Waals surface area contributed by atoms with Gasteiger partial charge in [0.2, 0.25) is 0 Å². The van der Waals surface area contributed by atoms with Crippen LogP contribution in [0.2, 0.25) is 0 Å². The van der Waals surface area contributed by atoms with Crippen molar-refractivity contribution in [2.75, 3.05) is 0 Å². The molecule has 0 bridgehead atoms. The van der Waals surface area contributed by atoms with Gasteiger partial charge in [-0.3, -0.25) is 0 Å². The monoisotopic (exact) mass is 149 g/mol. The zero-order valence-electron chi connectivity index (χ0n) is 5.20. The molecule has 2 aromatic rings. The fourth-order valence-electron chi connectivity index (χ4n) is 0.797. The first-order chi connectivity index (χ1) is 4.97. The van der Waals surface area contributed by atoms with Gasteiger partial charge in [0.05, 0.1) is 6.26 Å². The van der Waals surface area contributed by atoms with Gasteiger partial charge in [0.25, 0.3) is 0 Å². The van der Waals surface area contributed by atoms with Crippen molar-refractivity contribution in [2.24, 2.45) is 0 Å². The average molecular weight is 149 g/mol. The number of rotatable bonds is 1. The zero-order valence-corrected chi connectivity index (χ0v) is 6.02. The number of hydrogen-bond acceptors (Lipinski definition) is 2. The van der Waals surface area contributed by atoms with Gasteiger partial charge in [0.1, 0.15) is 5.76 Å². The summed E-state index contributed by atoms with van der Waals surface area (Å²) in [4.78, 5) is 0. The van der Waals surface area contributed by atoms with Gasteiger partial charge >= 0.3 is 0 Å². The molecule has 0 N–H and O–H groups in total. The quantitative estimate of drug-likeness (QED) is 0.607. The first-order valence-electron chi connectivity index (χ1n) is 2.94. The minimum absolute atomic E-state index is 0.890. The van der Waals surface area contributed by atoms with Crippen LogP contribution < -0.4 is 0 Å². The molecule has 0 unspecified atom stereocenters. The van der Waals surface area contributed by atoms with Crippen molar-refractivity contribution in [3.05, 3.63) is 35.2 Å². The third kappa shape index (κ3) is 0.866. The smallest absolute Gasteiger partial charge is 0.135 e. The summed E-state index contributed by atoms with van der Waals surface area (Å²) in [5, 5.41) is 4.07. The highest BCUT2D eigenvalue weighted by Gasteiger charge is 1.97. The molecule has 10 heavy (non-hydrogen) atoms. The number of hydrogen-bond donors (Lipinski definition) is 0. The fraction of sp³-hybridized carbons (Fsp3) is 0. The molecule has 0 aromatic carbocycles. The molecule has 0 saturated heterocycles. The Morgan fingerprint density at radius 2 is 2.50 bits per heavy atom. The lowest BCUT2D eigenvalue weighted by atomic mass is 10.3. The number of thiophene rings is 1. The van der Waals surface area contributed by atoms with Gasteiger partial charge in [-0.05, 0) is 17.5 Å². The second-order valence-electron chi connectivity index (χ2n) is 1.92. The average Bonchev–Trinajstić information content (AvgIpc) is 2.59. The zero-order chi connectivity index (χ0) is 6.81. The maximum absolute atomic E-state index is 5.13. The molecule has 1 nitrogen and oxygen atoms in total. The lowest BCUT2D eigenvalue weighted by Gasteiger charge is -1.85. The van der Waals surface area contributed by atoms with E-state index in [4.69, 9.17) is 4.42 Å². The summed E-state index contributed by atoms with van der Waals surface area (Å²) in [5.74, 6) is 0.890. The van der Waals surface area contributed by atoms with E-state index in [1.54, 1.807) is 17.6 Å². The third-order valence-electron chi connectivity index (χ3n) is 1.27. The molecule has 2 heterocycles. The summed E-state index contributed by atoms with van der Waals surface area (Å²) in [6, 6.07) is 6.72. The molecule has 2 aromatic heterocycles. The molecule has 2 rings (SSSR count). The second-order valence-corrected chi connectivity index (χ2v) is 2.70. The number of furan rings is 1. The van der Waals surface area contributed by atoms with Crippen molar-refractivity contribution in [3.8, 4) is 11.3 Å². The molecule has 0 spiro atoms. The summed E-state index contributed by atoms with van der Waals surface area (Å²) < 4.78 is 5.13. The minimum Gasteiger partial charge on any atom is -0.464 e. The lowest BCUT2D eigenvalue weighted by Crippen LogP contribution is -1.61. The van der Waals surface area contributed by atoms with E-state index in [0.29, 0.717) is 0 Å². The van der Waals surface area contributed by atoms with E-state index in [1.165, 1.54) is 0 Å². The van der Waals surface area contributed by atoms with Crippen LogP contribution in [-0.2, 0) is 0 Å². The van der Waals surface area contributed by atoms with Gasteiger partial charge in [-0.2, -0.15) is 11.3 Å². The van der Waals surface area contributed by atoms with Crippen LogP contribution in [0.4, 0.5) is 0 Å². The van der Waals surface area contributed by atoms with Crippen molar-refractivity contribution < 1.29 is 4.42 Å². The summed E-state index contributed by atoms with van der Waals surface area (Å²) in [7, 11) is 0. The van der Waals surface area contributed by atoms with Crippen LogP contribution in [0.1, 0.15) is 0 Å². The fourth-order valence-corrected chi connectivity index (χ4v) is 1.44. The molecule has 0 amide bonds. The van der Waals surface area contributed by atoms with E-state index in [-0.39, 0.29) is 0 Å². The summed E-state index contributed by atoms with van der Waals surface area (Å²) in [6.07, 6.45) is 1.56. The molecule has 0 saturated carbocycles. The van der Waals surface area contributed by atoms with Crippen LogP contribution in [0.3, 0.4) is 0 Å². The van der Waals surface area contributed by atoms with Crippen molar-refractivity contribution in [2.45, 2.75) is 0 Å². The standard InChI is InChI=1S/C8H5OS/c1-2-8(9-4-1)7-3-5-10-6-7/h2-6H. The van der Waals surface area contributed by atoms with Crippen molar-refractivity contribution in [1.82, 2.24) is 0 Å². The summed E-state index contributed by atoms with van der Waals surface area (Å²) in [5.41, 5.74) is 1.13. The molecular weight excluding hydrogens is 144 g/mol. The van der Waals surface area contributed by atoms with Crippen LogP contribution in [0.5, 0.6) is 0 Å². The Hall–Kier alpha value is -1.02. The second kappa shape index (κ2) is 2.31. The van der Waals surface area contributed by atoms with E-state index in [1.807, 2.05) is 22.9 Å². The predicted octanol–water partition coefficient (Wildman–Crippen LogP) is 2.81. The predicted molar refractivity (Wildman–Crippen MR) is 40.9 cm³/mol. The molecule has 0 fully saturated rings. The van der Waals surface area contributed by atoms with Crippen LogP contribution in [0, 0.1) is 6.07 Å². The third-order valence-corrected chi connectivity index (χ3v) is 1.96. The van der Waals surface area contributed by atoms with Crippen LogP contribution in [0.15, 0.2) is 33.6 Å².